The fourth-order valence-corrected chi connectivity index (χ4v) is 2.39. The normalized spacial score (nSPS) is 11.3. The van der Waals surface area contributed by atoms with Gasteiger partial charge in [-0.25, -0.2) is 0 Å². The van der Waals surface area contributed by atoms with Gasteiger partial charge in [0.05, 0.1) is 6.42 Å². The van der Waals surface area contributed by atoms with E-state index in [2.05, 4.69) is 0 Å². The van der Waals surface area contributed by atoms with Crippen LogP contribution < -0.4 is 0 Å². The van der Waals surface area contributed by atoms with Crippen molar-refractivity contribution in [2.45, 2.75) is 26.3 Å². The predicted octanol–water partition coefficient (Wildman–Crippen LogP) is 3.50. The number of aliphatic carboxylic acids is 1. The number of rotatable bonds is 3. The highest BCUT2D eigenvalue weighted by Gasteiger charge is 2.15. The zero-order chi connectivity index (χ0) is 12.6. The summed E-state index contributed by atoms with van der Waals surface area (Å²) in [4.78, 5) is 10.9. The number of carboxylic acid groups (broad SMARTS) is 1. The van der Waals surface area contributed by atoms with Gasteiger partial charge in [-0.15, -0.1) is 0 Å². The first-order valence-corrected chi connectivity index (χ1v) is 5.88. The average Bonchev–Trinajstić information content (AvgIpc) is 2.56. The van der Waals surface area contributed by atoms with E-state index < -0.39 is 5.97 Å². The maximum atomic E-state index is 10.9. The number of halogens is 1. The van der Waals surface area contributed by atoms with Gasteiger partial charge in [-0.2, -0.15) is 0 Å². The molecule has 17 heavy (non-hydrogen) atoms. The molecule has 1 N–H and O–H groups in total. The van der Waals surface area contributed by atoms with Crippen LogP contribution in [0.25, 0.3) is 10.9 Å². The van der Waals surface area contributed by atoms with E-state index in [1.807, 2.05) is 42.7 Å². The van der Waals surface area contributed by atoms with Gasteiger partial charge < -0.3 is 9.67 Å². The molecule has 90 valence electrons. The first kappa shape index (κ1) is 12.0. The molecule has 0 spiro atoms. The van der Waals surface area contributed by atoms with Gasteiger partial charge in [0.1, 0.15) is 0 Å². The van der Waals surface area contributed by atoms with E-state index in [0.29, 0.717) is 5.02 Å². The van der Waals surface area contributed by atoms with Crippen molar-refractivity contribution in [2.24, 2.45) is 0 Å². The summed E-state index contributed by atoms with van der Waals surface area (Å²) in [5.41, 5.74) is 1.78. The van der Waals surface area contributed by atoms with Crippen molar-refractivity contribution in [3.8, 4) is 0 Å². The van der Waals surface area contributed by atoms with Gasteiger partial charge in [0.15, 0.2) is 0 Å². The molecule has 0 radical (unpaired) electrons. The number of carbonyl (C=O) groups is 1. The molecule has 3 nitrogen and oxygen atoms in total. The van der Waals surface area contributed by atoms with Crippen molar-refractivity contribution in [3.05, 3.63) is 35.0 Å². The first-order chi connectivity index (χ1) is 8.00. The summed E-state index contributed by atoms with van der Waals surface area (Å²) in [6, 6.07) is 7.74. The lowest BCUT2D eigenvalue weighted by atomic mass is 10.2. The molecular formula is C13H14ClNO2. The largest absolute Gasteiger partial charge is 0.481 e. The van der Waals surface area contributed by atoms with Crippen LogP contribution in [0.3, 0.4) is 0 Å². The molecule has 0 atom stereocenters. The van der Waals surface area contributed by atoms with Crippen LogP contribution in [-0.4, -0.2) is 15.6 Å². The molecule has 0 aliphatic carbocycles. The van der Waals surface area contributed by atoms with Gasteiger partial charge in [0.2, 0.25) is 0 Å². The van der Waals surface area contributed by atoms with Gasteiger partial charge in [-0.1, -0.05) is 17.7 Å². The Morgan fingerprint density at radius 2 is 2.18 bits per heavy atom. The number of aromatic nitrogens is 1. The third kappa shape index (κ3) is 2.15. The van der Waals surface area contributed by atoms with Crippen LogP contribution in [0.5, 0.6) is 0 Å². The summed E-state index contributed by atoms with van der Waals surface area (Å²) >= 11 is 6.12. The Bertz CT molecular complexity index is 572. The lowest BCUT2D eigenvalue weighted by molar-refractivity contribution is -0.136. The molecule has 1 aromatic carbocycles. The molecule has 1 aromatic heterocycles. The van der Waals surface area contributed by atoms with Crippen molar-refractivity contribution in [1.82, 2.24) is 4.57 Å². The van der Waals surface area contributed by atoms with Crippen LogP contribution in [0.1, 0.15) is 25.6 Å². The highest BCUT2D eigenvalue weighted by molar-refractivity contribution is 6.35. The van der Waals surface area contributed by atoms with E-state index in [1.165, 1.54) is 0 Å². The minimum absolute atomic E-state index is 0.0171. The van der Waals surface area contributed by atoms with Crippen LogP contribution in [0.4, 0.5) is 0 Å². The Morgan fingerprint density at radius 1 is 1.47 bits per heavy atom. The smallest absolute Gasteiger partial charge is 0.309 e. The Labute approximate surface area is 105 Å². The standard InChI is InChI=1S/C13H14ClNO2/c1-8(2)15-9(7-13(16)17)6-10-11(14)4-3-5-12(10)15/h3-6,8H,7H2,1-2H3,(H,16,17). The zero-order valence-electron chi connectivity index (χ0n) is 9.77. The Hall–Kier alpha value is -1.48. The number of fused-ring (bicyclic) bond motifs is 1. The monoisotopic (exact) mass is 251 g/mol. The van der Waals surface area contributed by atoms with Gasteiger partial charge >= 0.3 is 5.97 Å². The van der Waals surface area contributed by atoms with E-state index in [0.717, 1.165) is 16.6 Å². The van der Waals surface area contributed by atoms with Gasteiger partial charge in [0, 0.05) is 27.7 Å². The maximum absolute atomic E-state index is 10.9. The van der Waals surface area contributed by atoms with Crippen LogP contribution in [-0.2, 0) is 11.2 Å². The molecule has 2 aromatic rings. The second-order valence-electron chi connectivity index (χ2n) is 4.34. The van der Waals surface area contributed by atoms with E-state index in [1.54, 1.807) is 0 Å². The number of hydrogen-bond donors (Lipinski definition) is 1. The van der Waals surface area contributed by atoms with Gasteiger partial charge in [0.25, 0.3) is 0 Å². The molecule has 4 heteroatoms. The van der Waals surface area contributed by atoms with Crippen LogP contribution in [0.15, 0.2) is 24.3 Å². The number of hydrogen-bond acceptors (Lipinski definition) is 1. The molecule has 0 unspecified atom stereocenters. The van der Waals surface area contributed by atoms with Crippen molar-refractivity contribution < 1.29 is 9.90 Å². The second kappa shape index (κ2) is 4.41. The minimum Gasteiger partial charge on any atom is -0.481 e. The van der Waals surface area contributed by atoms with Crippen molar-refractivity contribution >= 4 is 28.5 Å². The predicted molar refractivity (Wildman–Crippen MR) is 68.7 cm³/mol. The minimum atomic E-state index is -0.828. The van der Waals surface area contributed by atoms with Crippen molar-refractivity contribution in [3.63, 3.8) is 0 Å². The van der Waals surface area contributed by atoms with Crippen LogP contribution in [0.2, 0.25) is 5.02 Å². The van der Waals surface area contributed by atoms with E-state index in [-0.39, 0.29) is 12.5 Å². The summed E-state index contributed by atoms with van der Waals surface area (Å²) < 4.78 is 2.02. The average molecular weight is 252 g/mol. The topological polar surface area (TPSA) is 42.2 Å². The molecule has 2 rings (SSSR count). The maximum Gasteiger partial charge on any atom is 0.309 e. The summed E-state index contributed by atoms with van der Waals surface area (Å²) in [7, 11) is 0. The Morgan fingerprint density at radius 3 is 2.76 bits per heavy atom. The van der Waals surface area contributed by atoms with Gasteiger partial charge in [-0.05, 0) is 32.0 Å². The Balaban J connectivity index is 2.70. The molecule has 1 heterocycles. The molecule has 0 fully saturated rings. The van der Waals surface area contributed by atoms with Crippen molar-refractivity contribution in [1.29, 1.82) is 0 Å². The molecule has 0 amide bonds. The Kier molecular flexibility index (Phi) is 3.11. The second-order valence-corrected chi connectivity index (χ2v) is 4.75. The highest BCUT2D eigenvalue weighted by atomic mass is 35.5. The molecule has 0 aliphatic rings. The van der Waals surface area contributed by atoms with Crippen molar-refractivity contribution in [2.75, 3.05) is 0 Å². The molecule has 0 bridgehead atoms. The zero-order valence-corrected chi connectivity index (χ0v) is 10.5. The summed E-state index contributed by atoms with van der Waals surface area (Å²) in [5.74, 6) is -0.828. The van der Waals surface area contributed by atoms with Crippen LogP contribution in [0, 0.1) is 0 Å². The SMILES string of the molecule is CC(C)n1c(CC(=O)O)cc2c(Cl)cccc21. The number of nitrogens with zero attached hydrogens (tertiary/aromatic N) is 1. The quantitative estimate of drug-likeness (QED) is 0.907. The summed E-state index contributed by atoms with van der Waals surface area (Å²) in [5, 5.41) is 10.5. The molecular weight excluding hydrogens is 238 g/mol. The lowest BCUT2D eigenvalue weighted by Crippen LogP contribution is -2.09. The third-order valence-electron chi connectivity index (χ3n) is 2.76. The molecule has 0 aliphatic heterocycles. The highest BCUT2D eigenvalue weighted by Crippen LogP contribution is 2.29. The first-order valence-electron chi connectivity index (χ1n) is 5.51. The van der Waals surface area contributed by atoms with Crippen LogP contribution >= 0.6 is 11.6 Å². The van der Waals surface area contributed by atoms with Gasteiger partial charge in [-0.3, -0.25) is 4.79 Å². The van der Waals surface area contributed by atoms with E-state index >= 15 is 0 Å². The van der Waals surface area contributed by atoms with E-state index in [9.17, 15) is 4.79 Å². The third-order valence-corrected chi connectivity index (χ3v) is 3.09. The molecule has 0 saturated heterocycles. The number of benzene rings is 1. The fraction of sp³-hybridized carbons (Fsp3) is 0.308. The lowest BCUT2D eigenvalue weighted by Gasteiger charge is -2.13. The summed E-state index contributed by atoms with van der Waals surface area (Å²) in [6.07, 6.45) is 0.0171. The molecule has 0 saturated carbocycles. The fourth-order valence-electron chi connectivity index (χ4n) is 2.17. The van der Waals surface area contributed by atoms with E-state index in [4.69, 9.17) is 16.7 Å². The number of carboxylic acids is 1. The summed E-state index contributed by atoms with van der Waals surface area (Å²) in [6.45, 7) is 4.07.